The first-order chi connectivity index (χ1) is 15.2. The van der Waals surface area contributed by atoms with Crippen molar-refractivity contribution in [1.82, 2.24) is 0 Å². The Balaban J connectivity index is 1.98. The summed E-state index contributed by atoms with van der Waals surface area (Å²) in [5.74, 6) is -2.34. The average molecular weight is 468 g/mol. The van der Waals surface area contributed by atoms with Gasteiger partial charge in [-0.2, -0.15) is 0 Å². The molecule has 12 heteroatoms. The zero-order valence-electron chi connectivity index (χ0n) is 18.4. The average Bonchev–Trinajstić information content (AvgIpc) is 2.76. The topological polar surface area (TPSA) is 185 Å². The zero-order valence-corrected chi connectivity index (χ0v) is 18.4. The third-order valence-corrected chi connectivity index (χ3v) is 6.08. The van der Waals surface area contributed by atoms with Crippen LogP contribution in [0.25, 0.3) is 0 Å². The number of aliphatic hydroxyl groups is 5. The van der Waals surface area contributed by atoms with Crippen molar-refractivity contribution in [3.8, 4) is 0 Å². The monoisotopic (exact) mass is 468 g/mol. The number of rotatable bonds is 12. The van der Waals surface area contributed by atoms with E-state index in [0.717, 1.165) is 0 Å². The zero-order chi connectivity index (χ0) is 23.8. The molecule has 0 aromatic carbocycles. The van der Waals surface area contributed by atoms with Gasteiger partial charge in [0.15, 0.2) is 0 Å². The Hall–Kier alpha value is -0.930. The number of aliphatic carboxylic acids is 1. The van der Waals surface area contributed by atoms with Crippen LogP contribution in [-0.4, -0.2) is 132 Å². The molecule has 2 heterocycles. The lowest BCUT2D eigenvalue weighted by atomic mass is 9.85. The molecule has 32 heavy (non-hydrogen) atoms. The summed E-state index contributed by atoms with van der Waals surface area (Å²) in [4.78, 5) is 10.7. The van der Waals surface area contributed by atoms with E-state index >= 15 is 0 Å². The lowest BCUT2D eigenvalue weighted by Crippen LogP contribution is -2.59. The molecule has 0 aliphatic carbocycles. The van der Waals surface area contributed by atoms with Gasteiger partial charge in [-0.1, -0.05) is 6.92 Å². The Morgan fingerprint density at radius 2 is 1.34 bits per heavy atom. The molecule has 0 aromatic rings. The Bertz CT molecular complexity index is 561. The highest BCUT2D eigenvalue weighted by Gasteiger charge is 2.46. The summed E-state index contributed by atoms with van der Waals surface area (Å²) >= 11 is 0. The smallest absolute Gasteiger partial charge is 0.329 e. The molecule has 2 fully saturated rings. The van der Waals surface area contributed by atoms with Gasteiger partial charge in [0, 0.05) is 18.9 Å². The van der Waals surface area contributed by atoms with Crippen LogP contribution in [0.5, 0.6) is 0 Å². The Labute approximate surface area is 186 Å². The van der Waals surface area contributed by atoms with Crippen molar-refractivity contribution in [2.45, 2.75) is 62.2 Å². The summed E-state index contributed by atoms with van der Waals surface area (Å²) in [5.41, 5.74) is 0. The van der Waals surface area contributed by atoms with Crippen LogP contribution in [0.1, 0.15) is 13.3 Å². The Kier molecular flexibility index (Phi) is 11.2. The lowest BCUT2D eigenvalue weighted by molar-refractivity contribution is -0.241. The van der Waals surface area contributed by atoms with E-state index in [4.69, 9.17) is 28.8 Å². The second-order valence-electron chi connectivity index (χ2n) is 8.21. The van der Waals surface area contributed by atoms with Gasteiger partial charge in [-0.05, 0) is 6.42 Å². The quantitative estimate of drug-likeness (QED) is 0.175. The fourth-order valence-corrected chi connectivity index (χ4v) is 4.27. The van der Waals surface area contributed by atoms with Crippen molar-refractivity contribution in [3.63, 3.8) is 0 Å². The molecular formula is C20H36O12. The van der Waals surface area contributed by atoms with Crippen molar-refractivity contribution < 1.29 is 59.1 Å². The van der Waals surface area contributed by atoms with Gasteiger partial charge in [-0.25, -0.2) is 4.79 Å². The summed E-state index contributed by atoms with van der Waals surface area (Å²) in [6, 6.07) is 0. The van der Waals surface area contributed by atoms with Gasteiger partial charge >= 0.3 is 5.97 Å². The number of carbonyl (C=O) groups is 1. The van der Waals surface area contributed by atoms with Crippen LogP contribution in [-0.2, 0) is 28.5 Å². The molecule has 0 radical (unpaired) electrons. The van der Waals surface area contributed by atoms with Crippen LogP contribution in [0.4, 0.5) is 0 Å². The summed E-state index contributed by atoms with van der Waals surface area (Å²) in [6.07, 6.45) is -7.49. The van der Waals surface area contributed by atoms with Crippen molar-refractivity contribution in [2.24, 2.45) is 11.8 Å². The van der Waals surface area contributed by atoms with Crippen molar-refractivity contribution in [2.75, 3.05) is 46.8 Å². The number of ether oxygens (including phenoxy) is 5. The standard InChI is InChI=1S/C20H36O12/c1-3-10-12(4-21)31-15(20(27)17(10)24)8-29-5-11-13(7-30-9-16(22)23)32-14(6-28-2)19(26)18(11)25/h10-15,17-21,24-27H,3-9H2,1-2H3,(H,22,23). The normalized spacial score (nSPS) is 40.3. The molecule has 2 aliphatic rings. The second-order valence-corrected chi connectivity index (χ2v) is 8.21. The van der Waals surface area contributed by atoms with Gasteiger partial charge in [0.1, 0.15) is 31.0 Å². The maximum absolute atomic E-state index is 10.7. The van der Waals surface area contributed by atoms with E-state index in [0.29, 0.717) is 6.42 Å². The number of carboxylic acids is 1. The molecule has 10 unspecified atom stereocenters. The van der Waals surface area contributed by atoms with Crippen LogP contribution in [0.2, 0.25) is 0 Å². The van der Waals surface area contributed by atoms with Crippen LogP contribution < -0.4 is 0 Å². The van der Waals surface area contributed by atoms with Crippen LogP contribution in [0.3, 0.4) is 0 Å². The minimum atomic E-state index is -1.26. The number of carboxylic acid groups (broad SMARTS) is 1. The molecule has 0 aromatic heterocycles. The molecule has 0 saturated carbocycles. The van der Waals surface area contributed by atoms with Gasteiger partial charge in [-0.3, -0.25) is 0 Å². The number of hydrogen-bond donors (Lipinski definition) is 6. The molecule has 2 aliphatic heterocycles. The first-order valence-electron chi connectivity index (χ1n) is 10.7. The van der Waals surface area contributed by atoms with Crippen molar-refractivity contribution >= 4 is 5.97 Å². The van der Waals surface area contributed by atoms with Crippen LogP contribution >= 0.6 is 0 Å². The molecule has 188 valence electrons. The second kappa shape index (κ2) is 13.1. The van der Waals surface area contributed by atoms with Gasteiger partial charge in [0.25, 0.3) is 0 Å². The lowest BCUT2D eigenvalue weighted by Gasteiger charge is -2.44. The van der Waals surface area contributed by atoms with Crippen LogP contribution in [0.15, 0.2) is 0 Å². The van der Waals surface area contributed by atoms with E-state index in [9.17, 15) is 30.3 Å². The molecule has 2 rings (SSSR count). The molecule has 12 nitrogen and oxygen atoms in total. The molecule has 0 bridgehead atoms. The fraction of sp³-hybridized carbons (Fsp3) is 0.950. The largest absolute Gasteiger partial charge is 0.480 e. The molecule has 0 spiro atoms. The molecule has 10 atom stereocenters. The van der Waals surface area contributed by atoms with Gasteiger partial charge in [0.05, 0.1) is 57.5 Å². The molecule has 2 saturated heterocycles. The van der Waals surface area contributed by atoms with Gasteiger partial charge in [0.2, 0.25) is 0 Å². The SMILES string of the molecule is CCC1C(CO)OC(COCC2C(COCC(=O)O)OC(COC)C(O)C2O)C(O)C1O. The number of hydrogen-bond acceptors (Lipinski definition) is 11. The summed E-state index contributed by atoms with van der Waals surface area (Å²) in [6.45, 7) is 0.547. The Morgan fingerprint density at radius 1 is 0.781 bits per heavy atom. The number of methoxy groups -OCH3 is 1. The highest BCUT2D eigenvalue weighted by molar-refractivity contribution is 5.67. The van der Waals surface area contributed by atoms with E-state index in [1.54, 1.807) is 0 Å². The van der Waals surface area contributed by atoms with E-state index in [-0.39, 0.29) is 33.0 Å². The highest BCUT2D eigenvalue weighted by Crippen LogP contribution is 2.30. The fourth-order valence-electron chi connectivity index (χ4n) is 4.27. The van der Waals surface area contributed by atoms with Crippen molar-refractivity contribution in [1.29, 1.82) is 0 Å². The summed E-state index contributed by atoms with van der Waals surface area (Å²) in [7, 11) is 1.42. The molecular weight excluding hydrogens is 432 g/mol. The first-order valence-corrected chi connectivity index (χ1v) is 10.7. The summed E-state index contributed by atoms with van der Waals surface area (Å²) < 4.78 is 27.2. The third kappa shape index (κ3) is 6.79. The summed E-state index contributed by atoms with van der Waals surface area (Å²) in [5, 5.41) is 59.9. The predicted molar refractivity (Wildman–Crippen MR) is 107 cm³/mol. The van der Waals surface area contributed by atoms with E-state index in [2.05, 4.69) is 0 Å². The Morgan fingerprint density at radius 3 is 1.91 bits per heavy atom. The maximum atomic E-state index is 10.7. The van der Waals surface area contributed by atoms with Crippen LogP contribution in [0, 0.1) is 11.8 Å². The van der Waals surface area contributed by atoms with Crippen molar-refractivity contribution in [3.05, 3.63) is 0 Å². The minimum absolute atomic E-state index is 0.0162. The molecule has 0 amide bonds. The third-order valence-electron chi connectivity index (χ3n) is 6.08. The molecule has 6 N–H and O–H groups in total. The predicted octanol–water partition coefficient (Wildman–Crippen LogP) is -2.64. The highest BCUT2D eigenvalue weighted by atomic mass is 16.6. The minimum Gasteiger partial charge on any atom is -0.480 e. The maximum Gasteiger partial charge on any atom is 0.329 e. The first kappa shape index (κ1) is 27.3. The van der Waals surface area contributed by atoms with Gasteiger partial charge < -0.3 is 54.3 Å². The van der Waals surface area contributed by atoms with E-state index in [1.807, 2.05) is 6.92 Å². The number of aliphatic hydroxyl groups excluding tert-OH is 5. The van der Waals surface area contributed by atoms with Gasteiger partial charge in [-0.15, -0.1) is 0 Å². The van der Waals surface area contributed by atoms with E-state index < -0.39 is 73.2 Å². The van der Waals surface area contributed by atoms with E-state index in [1.165, 1.54) is 7.11 Å².